The fourth-order valence-corrected chi connectivity index (χ4v) is 3.28. The zero-order valence-electron chi connectivity index (χ0n) is 14.1. The summed E-state index contributed by atoms with van der Waals surface area (Å²) in [4.78, 5) is 17.1. The lowest BCUT2D eigenvalue weighted by molar-refractivity contribution is 0.0453. The third-order valence-corrected chi connectivity index (χ3v) is 4.61. The van der Waals surface area contributed by atoms with Gasteiger partial charge in [0.05, 0.1) is 17.3 Å². The van der Waals surface area contributed by atoms with Gasteiger partial charge in [0.25, 0.3) is 0 Å². The molecule has 0 bridgehead atoms. The van der Waals surface area contributed by atoms with Gasteiger partial charge in [0.15, 0.2) is 11.8 Å². The number of rotatable bonds is 5. The third kappa shape index (κ3) is 2.54. The Hall–Kier alpha value is -2.89. The first-order chi connectivity index (χ1) is 12.2. The predicted molar refractivity (Wildman–Crippen MR) is 95.2 cm³/mol. The molecule has 2 aromatic heterocycles. The number of hydrogen-bond acceptors (Lipinski definition) is 5. The minimum Gasteiger partial charge on any atom is -0.447 e. The van der Waals surface area contributed by atoms with Gasteiger partial charge >= 0.3 is 5.97 Å². The third-order valence-electron chi connectivity index (χ3n) is 4.61. The largest absolute Gasteiger partial charge is 0.447 e. The quantitative estimate of drug-likeness (QED) is 0.570. The summed E-state index contributed by atoms with van der Waals surface area (Å²) in [6.45, 7) is 2.95. The molecule has 6 nitrogen and oxygen atoms in total. The lowest BCUT2D eigenvalue weighted by Crippen LogP contribution is -2.06. The van der Waals surface area contributed by atoms with Crippen molar-refractivity contribution in [2.24, 2.45) is 0 Å². The summed E-state index contributed by atoms with van der Waals surface area (Å²) in [5.41, 5.74) is 9.24. The molecule has 0 spiro atoms. The lowest BCUT2D eigenvalue weighted by Gasteiger charge is -2.11. The molecule has 1 unspecified atom stereocenters. The van der Waals surface area contributed by atoms with E-state index in [0.29, 0.717) is 28.0 Å². The number of cyclic esters (lactones) is 1. The van der Waals surface area contributed by atoms with Crippen LogP contribution in [0.1, 0.15) is 53.9 Å². The molecule has 0 saturated heterocycles. The number of carbonyl (C=O) groups is 1. The van der Waals surface area contributed by atoms with Gasteiger partial charge in [-0.25, -0.2) is 14.5 Å². The van der Waals surface area contributed by atoms with Crippen molar-refractivity contribution in [2.75, 3.05) is 5.73 Å². The molecular weight excluding hydrogens is 316 g/mol. The Morgan fingerprint density at radius 1 is 1.24 bits per heavy atom. The van der Waals surface area contributed by atoms with E-state index in [-0.39, 0.29) is 0 Å². The molecule has 3 heterocycles. The highest BCUT2D eigenvalue weighted by Crippen LogP contribution is 2.39. The van der Waals surface area contributed by atoms with Gasteiger partial charge in [0, 0.05) is 6.54 Å². The highest BCUT2D eigenvalue weighted by molar-refractivity contribution is 6.06. The van der Waals surface area contributed by atoms with E-state index in [1.807, 2.05) is 35.0 Å². The fraction of sp³-hybridized carbons (Fsp3) is 0.316. The summed E-state index contributed by atoms with van der Waals surface area (Å²) >= 11 is 0. The molecular formula is C19H20N4O2. The summed E-state index contributed by atoms with van der Waals surface area (Å²) in [6.07, 6.45) is 4.48. The smallest absolute Gasteiger partial charge is 0.343 e. The minimum atomic E-state index is -0.519. The second kappa shape index (κ2) is 6.20. The number of unbranched alkanes of at least 4 members (excludes halogenated alkanes) is 2. The van der Waals surface area contributed by atoms with Crippen LogP contribution in [-0.2, 0) is 11.3 Å². The molecule has 0 fully saturated rings. The highest BCUT2D eigenvalue weighted by Gasteiger charge is 2.37. The van der Waals surface area contributed by atoms with E-state index in [1.165, 1.54) is 0 Å². The first kappa shape index (κ1) is 15.6. The standard InChI is InChI=1S/C19H20N4O2/c1-2-3-7-10-23-18-13(11-21-23)15(20)14-16(22-18)17(25-19(14)24)12-8-5-4-6-9-12/h4-6,8-9,11,17H,2-3,7,10H2,1H3,(H2,20,22). The number of fused-ring (bicyclic) bond motifs is 2. The zero-order chi connectivity index (χ0) is 17.4. The van der Waals surface area contributed by atoms with Gasteiger partial charge in [-0.15, -0.1) is 0 Å². The van der Waals surface area contributed by atoms with Gasteiger partial charge in [-0.1, -0.05) is 50.1 Å². The molecule has 6 heteroatoms. The molecule has 0 radical (unpaired) electrons. The average Bonchev–Trinajstić information content (AvgIpc) is 3.18. The molecule has 2 N–H and O–H groups in total. The number of ether oxygens (including phenoxy) is 1. The Morgan fingerprint density at radius 2 is 2.04 bits per heavy atom. The molecule has 4 rings (SSSR count). The van der Waals surface area contributed by atoms with E-state index < -0.39 is 12.1 Å². The van der Waals surface area contributed by atoms with Crippen molar-refractivity contribution in [1.29, 1.82) is 0 Å². The van der Waals surface area contributed by atoms with Crippen molar-refractivity contribution >= 4 is 22.7 Å². The van der Waals surface area contributed by atoms with Crippen LogP contribution in [0.2, 0.25) is 0 Å². The summed E-state index contributed by atoms with van der Waals surface area (Å²) in [5.74, 6) is -0.422. The van der Waals surface area contributed by atoms with Crippen molar-refractivity contribution in [3.8, 4) is 0 Å². The monoisotopic (exact) mass is 336 g/mol. The van der Waals surface area contributed by atoms with Crippen molar-refractivity contribution in [3.05, 3.63) is 53.3 Å². The summed E-state index contributed by atoms with van der Waals surface area (Å²) in [6, 6.07) is 9.60. The SMILES string of the molecule is CCCCCn1ncc2c(N)c3c(nc21)C(c1ccccc1)OC3=O. The number of carbonyl (C=O) groups excluding carboxylic acids is 1. The van der Waals surface area contributed by atoms with Crippen LogP contribution in [0, 0.1) is 0 Å². The minimum absolute atomic E-state index is 0.370. The molecule has 25 heavy (non-hydrogen) atoms. The summed E-state index contributed by atoms with van der Waals surface area (Å²) in [5, 5.41) is 5.12. The number of esters is 1. The molecule has 1 aromatic carbocycles. The van der Waals surface area contributed by atoms with Gasteiger partial charge in [0.2, 0.25) is 0 Å². The molecule has 0 amide bonds. The number of nitrogens with two attached hydrogens (primary N) is 1. The number of nitrogens with zero attached hydrogens (tertiary/aromatic N) is 3. The van der Waals surface area contributed by atoms with Crippen molar-refractivity contribution in [1.82, 2.24) is 14.8 Å². The van der Waals surface area contributed by atoms with E-state index in [2.05, 4.69) is 12.0 Å². The molecule has 0 aliphatic carbocycles. The van der Waals surface area contributed by atoms with Gasteiger partial charge in [-0.05, 0) is 12.0 Å². The van der Waals surface area contributed by atoms with Crippen LogP contribution in [0.25, 0.3) is 11.0 Å². The van der Waals surface area contributed by atoms with Crippen molar-refractivity contribution in [3.63, 3.8) is 0 Å². The molecule has 0 saturated carbocycles. The van der Waals surface area contributed by atoms with E-state index in [4.69, 9.17) is 15.5 Å². The van der Waals surface area contributed by atoms with Crippen LogP contribution in [0.15, 0.2) is 36.5 Å². The maximum absolute atomic E-state index is 12.4. The van der Waals surface area contributed by atoms with Crippen LogP contribution >= 0.6 is 0 Å². The average molecular weight is 336 g/mol. The van der Waals surface area contributed by atoms with Crippen LogP contribution in [-0.4, -0.2) is 20.7 Å². The van der Waals surface area contributed by atoms with E-state index in [1.54, 1.807) is 6.20 Å². The number of aryl methyl sites for hydroxylation is 1. The van der Waals surface area contributed by atoms with Gasteiger partial charge in [-0.3, -0.25) is 0 Å². The Kier molecular flexibility index (Phi) is 3.87. The molecule has 3 aromatic rings. The number of anilines is 1. The number of aromatic nitrogens is 3. The maximum Gasteiger partial charge on any atom is 0.343 e. The van der Waals surface area contributed by atoms with Crippen LogP contribution in [0.3, 0.4) is 0 Å². The molecule has 1 aliphatic heterocycles. The summed E-state index contributed by atoms with van der Waals surface area (Å²) in [7, 11) is 0. The van der Waals surface area contributed by atoms with Gasteiger partial charge < -0.3 is 10.5 Å². The number of pyridine rings is 1. The Bertz CT molecular complexity index is 933. The lowest BCUT2D eigenvalue weighted by atomic mass is 10.0. The van der Waals surface area contributed by atoms with Crippen LogP contribution in [0.4, 0.5) is 5.69 Å². The Labute approximate surface area is 145 Å². The van der Waals surface area contributed by atoms with E-state index in [0.717, 1.165) is 31.4 Å². The molecule has 1 aliphatic rings. The first-order valence-corrected chi connectivity index (χ1v) is 8.61. The zero-order valence-corrected chi connectivity index (χ0v) is 14.1. The molecule has 1 atom stereocenters. The normalized spacial score (nSPS) is 16.2. The number of hydrogen-bond donors (Lipinski definition) is 1. The van der Waals surface area contributed by atoms with Crippen LogP contribution in [0.5, 0.6) is 0 Å². The Morgan fingerprint density at radius 3 is 2.80 bits per heavy atom. The topological polar surface area (TPSA) is 83.0 Å². The van der Waals surface area contributed by atoms with Crippen molar-refractivity contribution < 1.29 is 9.53 Å². The van der Waals surface area contributed by atoms with Gasteiger partial charge in [-0.2, -0.15) is 5.10 Å². The molecule has 128 valence electrons. The van der Waals surface area contributed by atoms with Crippen LogP contribution < -0.4 is 5.73 Å². The van der Waals surface area contributed by atoms with E-state index in [9.17, 15) is 4.79 Å². The van der Waals surface area contributed by atoms with E-state index >= 15 is 0 Å². The maximum atomic E-state index is 12.4. The number of nitrogen functional groups attached to an aromatic ring is 1. The fourth-order valence-electron chi connectivity index (χ4n) is 3.28. The predicted octanol–water partition coefficient (Wildman–Crippen LogP) is 3.46. The first-order valence-electron chi connectivity index (χ1n) is 8.61. The number of benzene rings is 1. The second-order valence-corrected chi connectivity index (χ2v) is 6.29. The van der Waals surface area contributed by atoms with Crippen molar-refractivity contribution in [2.45, 2.75) is 38.8 Å². The summed E-state index contributed by atoms with van der Waals surface area (Å²) < 4.78 is 7.43. The Balaban J connectivity index is 1.83. The highest BCUT2D eigenvalue weighted by atomic mass is 16.5. The second-order valence-electron chi connectivity index (χ2n) is 6.29. The van der Waals surface area contributed by atoms with Gasteiger partial charge in [0.1, 0.15) is 11.3 Å².